The molecule has 0 aliphatic carbocycles. The lowest BCUT2D eigenvalue weighted by atomic mass is 9.85. The summed E-state index contributed by atoms with van der Waals surface area (Å²) in [6, 6.07) is 1.30. The van der Waals surface area contributed by atoms with Crippen LogP contribution in [0.4, 0.5) is 0 Å². The maximum atomic E-state index is 4.45. The fraction of sp³-hybridized carbons (Fsp3) is 0.800. The van der Waals surface area contributed by atoms with E-state index in [1.807, 2.05) is 0 Å². The molecule has 1 aromatic heterocycles. The summed E-state index contributed by atoms with van der Waals surface area (Å²) in [6.07, 6.45) is 7.86. The van der Waals surface area contributed by atoms with Crippen molar-refractivity contribution in [2.45, 2.75) is 50.6 Å². The van der Waals surface area contributed by atoms with Crippen molar-refractivity contribution in [2.24, 2.45) is 0 Å². The van der Waals surface area contributed by atoms with Gasteiger partial charge in [-0.15, -0.1) is 0 Å². The standard InChI is InChI=1S/C15H26N4/c1-12-8-13(4-7-18(12)3)19-11-17-9-14(19)15(2)5-6-16-10-15/h9,11-13,16H,4-8,10H2,1-3H3. The van der Waals surface area contributed by atoms with Crippen LogP contribution in [0, 0.1) is 0 Å². The Balaban J connectivity index is 1.84. The summed E-state index contributed by atoms with van der Waals surface area (Å²) in [7, 11) is 2.23. The minimum absolute atomic E-state index is 0.267. The summed E-state index contributed by atoms with van der Waals surface area (Å²) < 4.78 is 2.47. The van der Waals surface area contributed by atoms with Crippen LogP contribution in [0.15, 0.2) is 12.5 Å². The molecule has 0 spiro atoms. The molecule has 3 heterocycles. The summed E-state index contributed by atoms with van der Waals surface area (Å²) in [6.45, 7) is 8.12. The number of hydrogen-bond donors (Lipinski definition) is 1. The van der Waals surface area contributed by atoms with Gasteiger partial charge in [0, 0.05) is 42.5 Å². The monoisotopic (exact) mass is 262 g/mol. The second-order valence-electron chi connectivity index (χ2n) is 6.68. The molecule has 19 heavy (non-hydrogen) atoms. The van der Waals surface area contributed by atoms with Crippen LogP contribution in [-0.2, 0) is 5.41 Å². The van der Waals surface area contributed by atoms with Crippen molar-refractivity contribution in [3.63, 3.8) is 0 Å². The molecule has 2 aliphatic rings. The number of rotatable bonds is 2. The van der Waals surface area contributed by atoms with Crippen LogP contribution in [0.5, 0.6) is 0 Å². The fourth-order valence-electron chi connectivity index (χ4n) is 3.62. The van der Waals surface area contributed by atoms with Crippen molar-refractivity contribution in [1.82, 2.24) is 19.8 Å². The van der Waals surface area contributed by atoms with Crippen molar-refractivity contribution in [1.29, 1.82) is 0 Å². The first-order valence-corrected chi connectivity index (χ1v) is 7.53. The average Bonchev–Trinajstić information content (AvgIpc) is 3.02. The number of nitrogens with zero attached hydrogens (tertiary/aromatic N) is 3. The second kappa shape index (κ2) is 4.91. The SMILES string of the molecule is CC1CC(n2cncc2C2(C)CCNC2)CCN1C. The number of piperidine rings is 1. The smallest absolute Gasteiger partial charge is 0.0951 e. The fourth-order valence-corrected chi connectivity index (χ4v) is 3.62. The largest absolute Gasteiger partial charge is 0.331 e. The van der Waals surface area contributed by atoms with Gasteiger partial charge in [0.2, 0.25) is 0 Å². The lowest BCUT2D eigenvalue weighted by Gasteiger charge is -2.37. The van der Waals surface area contributed by atoms with Crippen molar-refractivity contribution >= 4 is 0 Å². The number of imidazole rings is 1. The predicted octanol–water partition coefficient (Wildman–Crippen LogP) is 1.79. The minimum atomic E-state index is 0.267. The Morgan fingerprint density at radius 2 is 2.32 bits per heavy atom. The lowest BCUT2D eigenvalue weighted by molar-refractivity contribution is 0.153. The average molecular weight is 262 g/mol. The Hall–Kier alpha value is -0.870. The van der Waals surface area contributed by atoms with Crippen molar-refractivity contribution < 1.29 is 0 Å². The van der Waals surface area contributed by atoms with Crippen LogP contribution < -0.4 is 5.32 Å². The highest BCUT2D eigenvalue weighted by Crippen LogP contribution is 2.34. The maximum Gasteiger partial charge on any atom is 0.0951 e. The van der Waals surface area contributed by atoms with Gasteiger partial charge in [0.05, 0.1) is 6.33 Å². The molecule has 0 radical (unpaired) electrons. The lowest BCUT2D eigenvalue weighted by Crippen LogP contribution is -2.39. The van der Waals surface area contributed by atoms with Crippen LogP contribution in [-0.4, -0.2) is 47.2 Å². The molecule has 3 unspecified atom stereocenters. The molecule has 2 saturated heterocycles. The summed E-state index contributed by atoms with van der Waals surface area (Å²) in [5.41, 5.74) is 1.70. The third-order valence-corrected chi connectivity index (χ3v) is 5.23. The maximum absolute atomic E-state index is 4.45. The summed E-state index contributed by atoms with van der Waals surface area (Å²) >= 11 is 0. The van der Waals surface area contributed by atoms with Crippen LogP contribution in [0.3, 0.4) is 0 Å². The van der Waals surface area contributed by atoms with Crippen LogP contribution in [0.1, 0.15) is 44.8 Å². The van der Waals surface area contributed by atoms with Gasteiger partial charge in [-0.2, -0.15) is 0 Å². The van der Waals surface area contributed by atoms with Gasteiger partial charge >= 0.3 is 0 Å². The highest BCUT2D eigenvalue weighted by Gasteiger charge is 2.35. The zero-order valence-electron chi connectivity index (χ0n) is 12.4. The predicted molar refractivity (Wildman–Crippen MR) is 77.4 cm³/mol. The Bertz CT molecular complexity index is 433. The third kappa shape index (κ3) is 2.32. The van der Waals surface area contributed by atoms with Gasteiger partial charge in [-0.1, -0.05) is 6.92 Å². The Kier molecular flexibility index (Phi) is 3.39. The first-order chi connectivity index (χ1) is 9.10. The van der Waals surface area contributed by atoms with E-state index in [2.05, 4.69) is 53.2 Å². The van der Waals surface area contributed by atoms with Crippen molar-refractivity contribution in [3.8, 4) is 0 Å². The van der Waals surface area contributed by atoms with Crippen LogP contribution >= 0.6 is 0 Å². The van der Waals surface area contributed by atoms with Gasteiger partial charge in [-0.25, -0.2) is 4.98 Å². The molecular formula is C15H26N4. The molecule has 2 aliphatic heterocycles. The zero-order chi connectivity index (χ0) is 13.5. The molecule has 3 atom stereocenters. The second-order valence-corrected chi connectivity index (χ2v) is 6.68. The summed E-state index contributed by atoms with van der Waals surface area (Å²) in [4.78, 5) is 6.92. The Labute approximate surface area is 116 Å². The highest BCUT2D eigenvalue weighted by atomic mass is 15.2. The van der Waals surface area contributed by atoms with E-state index in [0.29, 0.717) is 12.1 Å². The number of nitrogens with one attached hydrogen (secondary N) is 1. The number of aromatic nitrogens is 2. The Morgan fingerprint density at radius 1 is 1.47 bits per heavy atom. The van der Waals surface area contributed by atoms with Gasteiger partial charge in [0.15, 0.2) is 0 Å². The molecule has 4 heteroatoms. The van der Waals surface area contributed by atoms with E-state index >= 15 is 0 Å². The Morgan fingerprint density at radius 3 is 3.00 bits per heavy atom. The third-order valence-electron chi connectivity index (χ3n) is 5.23. The van der Waals surface area contributed by atoms with Gasteiger partial charge in [-0.05, 0) is 39.8 Å². The van der Waals surface area contributed by atoms with E-state index in [1.165, 1.54) is 31.5 Å². The topological polar surface area (TPSA) is 33.1 Å². The molecule has 3 rings (SSSR count). The van der Waals surface area contributed by atoms with Gasteiger partial charge in [0.25, 0.3) is 0 Å². The highest BCUT2D eigenvalue weighted by molar-refractivity contribution is 5.18. The molecule has 2 fully saturated rings. The van der Waals surface area contributed by atoms with Gasteiger partial charge < -0.3 is 14.8 Å². The first-order valence-electron chi connectivity index (χ1n) is 7.53. The van der Waals surface area contributed by atoms with Crippen molar-refractivity contribution in [3.05, 3.63) is 18.2 Å². The van der Waals surface area contributed by atoms with E-state index in [-0.39, 0.29) is 5.41 Å². The number of likely N-dealkylation sites (tertiary alicyclic amines) is 1. The zero-order valence-corrected chi connectivity index (χ0v) is 12.4. The van der Waals surface area contributed by atoms with Crippen LogP contribution in [0.25, 0.3) is 0 Å². The minimum Gasteiger partial charge on any atom is -0.331 e. The molecule has 4 nitrogen and oxygen atoms in total. The molecular weight excluding hydrogens is 236 g/mol. The molecule has 1 N–H and O–H groups in total. The molecule has 0 aromatic carbocycles. The first kappa shape index (κ1) is 13.1. The van der Waals surface area contributed by atoms with Gasteiger partial charge in [-0.3, -0.25) is 0 Å². The van der Waals surface area contributed by atoms with Crippen molar-refractivity contribution in [2.75, 3.05) is 26.7 Å². The normalized spacial score (nSPS) is 36.8. The van der Waals surface area contributed by atoms with E-state index in [0.717, 1.165) is 13.1 Å². The molecule has 106 valence electrons. The van der Waals surface area contributed by atoms with Gasteiger partial charge in [0.1, 0.15) is 0 Å². The molecule has 0 amide bonds. The summed E-state index contributed by atoms with van der Waals surface area (Å²) in [5.74, 6) is 0. The molecule has 0 bridgehead atoms. The van der Waals surface area contributed by atoms with E-state index in [4.69, 9.17) is 0 Å². The van der Waals surface area contributed by atoms with E-state index in [9.17, 15) is 0 Å². The quantitative estimate of drug-likeness (QED) is 0.882. The molecule has 1 aromatic rings. The van der Waals surface area contributed by atoms with Crippen LogP contribution in [0.2, 0.25) is 0 Å². The molecule has 0 saturated carbocycles. The number of hydrogen-bond acceptors (Lipinski definition) is 3. The van der Waals surface area contributed by atoms with E-state index < -0.39 is 0 Å². The van der Waals surface area contributed by atoms with E-state index in [1.54, 1.807) is 0 Å². The summed E-state index contributed by atoms with van der Waals surface area (Å²) in [5, 5.41) is 3.50.